The lowest BCUT2D eigenvalue weighted by molar-refractivity contribution is 0.221. The summed E-state index contributed by atoms with van der Waals surface area (Å²) < 4.78 is 0. The van der Waals surface area contributed by atoms with Gasteiger partial charge in [-0.2, -0.15) is 0 Å². The third-order valence-corrected chi connectivity index (χ3v) is 6.92. The summed E-state index contributed by atoms with van der Waals surface area (Å²) in [5.41, 5.74) is 3.63. The summed E-state index contributed by atoms with van der Waals surface area (Å²) in [6, 6.07) is 25.3. The van der Waals surface area contributed by atoms with E-state index >= 15 is 0 Å². The number of rotatable bonds is 6. The molecule has 0 amide bonds. The van der Waals surface area contributed by atoms with Crippen molar-refractivity contribution in [3.8, 4) is 5.75 Å². The first-order chi connectivity index (χ1) is 13.8. The molecule has 2 nitrogen and oxygen atoms in total. The predicted molar refractivity (Wildman–Crippen MR) is 121 cm³/mol. The van der Waals surface area contributed by atoms with E-state index in [4.69, 9.17) is 0 Å². The average Bonchev–Trinajstić information content (AvgIpc) is 2.74. The highest BCUT2D eigenvalue weighted by Crippen LogP contribution is 2.26. The lowest BCUT2D eigenvalue weighted by Gasteiger charge is -2.27. The fraction of sp³-hybridized carbons (Fsp3) is 0.280. The van der Waals surface area contributed by atoms with Crippen molar-refractivity contribution in [3.05, 3.63) is 89.5 Å². The molecule has 28 heavy (non-hydrogen) atoms. The lowest BCUT2D eigenvalue weighted by Crippen LogP contribution is -2.30. The Bertz CT molecular complexity index is 903. The van der Waals surface area contributed by atoms with Crippen LogP contribution in [0.15, 0.2) is 72.8 Å². The molecule has 1 heterocycles. The van der Waals surface area contributed by atoms with Crippen molar-refractivity contribution in [3.63, 3.8) is 0 Å². The van der Waals surface area contributed by atoms with Crippen LogP contribution >= 0.6 is 8.58 Å². The smallest absolute Gasteiger partial charge is 0.126 e. The maximum absolute atomic E-state index is 10.9. The van der Waals surface area contributed by atoms with Crippen molar-refractivity contribution in [2.45, 2.75) is 32.2 Å². The van der Waals surface area contributed by atoms with Crippen molar-refractivity contribution in [1.82, 2.24) is 4.90 Å². The molecule has 1 aliphatic rings. The number of aromatic hydroxyl groups is 1. The van der Waals surface area contributed by atoms with Gasteiger partial charge in [0.05, 0.1) is 0 Å². The maximum Gasteiger partial charge on any atom is 0.126 e. The van der Waals surface area contributed by atoms with Gasteiger partial charge >= 0.3 is 0 Å². The van der Waals surface area contributed by atoms with E-state index in [9.17, 15) is 5.11 Å². The van der Waals surface area contributed by atoms with Crippen molar-refractivity contribution < 1.29 is 5.11 Å². The third-order valence-electron chi connectivity index (χ3n) is 5.49. The number of piperidine rings is 1. The van der Waals surface area contributed by atoms with E-state index in [0.29, 0.717) is 14.3 Å². The molecule has 1 aliphatic heterocycles. The largest absolute Gasteiger partial charge is 0.507 e. The number of hydrogen-bond acceptors (Lipinski definition) is 2. The van der Waals surface area contributed by atoms with Crippen LogP contribution in [0.5, 0.6) is 5.75 Å². The topological polar surface area (TPSA) is 23.5 Å². The van der Waals surface area contributed by atoms with Crippen molar-refractivity contribution in [2.24, 2.45) is 0 Å². The van der Waals surface area contributed by atoms with E-state index in [-0.39, 0.29) is 0 Å². The van der Waals surface area contributed by atoms with Crippen molar-refractivity contribution in [2.75, 3.05) is 13.1 Å². The Morgan fingerprint density at radius 1 is 0.714 bits per heavy atom. The van der Waals surface area contributed by atoms with Gasteiger partial charge in [0.25, 0.3) is 0 Å². The van der Waals surface area contributed by atoms with Gasteiger partial charge in [0, 0.05) is 18.3 Å². The molecule has 0 aromatic heterocycles. The predicted octanol–water partition coefficient (Wildman–Crippen LogP) is 4.60. The molecule has 0 saturated carbocycles. The molecule has 1 N–H and O–H groups in total. The summed E-state index contributed by atoms with van der Waals surface area (Å²) in [5, 5.41) is 13.3. The molecule has 0 aliphatic carbocycles. The van der Waals surface area contributed by atoms with Gasteiger partial charge in [0.15, 0.2) is 0 Å². The van der Waals surface area contributed by atoms with Crippen molar-refractivity contribution in [1.29, 1.82) is 0 Å². The van der Waals surface area contributed by atoms with E-state index in [0.717, 1.165) is 23.8 Å². The van der Waals surface area contributed by atoms with Crippen LogP contribution in [0.2, 0.25) is 0 Å². The zero-order valence-electron chi connectivity index (χ0n) is 16.3. The summed E-state index contributed by atoms with van der Waals surface area (Å²) in [7, 11) is 0.476. The molecular formula is C25H28NOP. The molecule has 144 valence electrons. The standard InChI is InChI=1S/C25H28NOP/c27-25-21(18-20-10-3-1-4-11-20)13-9-15-24(25)28-23-14-6-5-12-22(23)19-26-16-7-2-8-17-26/h1,3-6,9-15,27-28H,2,7-8,16-19H2. The van der Waals surface area contributed by atoms with Crippen LogP contribution < -0.4 is 10.6 Å². The van der Waals surface area contributed by atoms with Gasteiger partial charge in [-0.3, -0.25) is 4.90 Å². The molecule has 0 radical (unpaired) electrons. The minimum absolute atomic E-state index is 0.456. The first kappa shape index (κ1) is 19.2. The number of hydrogen-bond donors (Lipinski definition) is 1. The van der Waals surface area contributed by atoms with Crippen LogP contribution in [0.3, 0.4) is 0 Å². The summed E-state index contributed by atoms with van der Waals surface area (Å²) in [6.07, 6.45) is 4.75. The SMILES string of the molecule is Oc1c(Cc2ccccc2)cccc1Pc1ccccc1CN1CCCCC1. The monoisotopic (exact) mass is 389 g/mol. The van der Waals surface area contributed by atoms with Gasteiger partial charge in [0.2, 0.25) is 0 Å². The number of para-hydroxylation sites is 1. The molecule has 4 rings (SSSR count). The number of nitrogens with zero attached hydrogens (tertiary/aromatic N) is 1. The first-order valence-electron chi connectivity index (χ1n) is 10.2. The van der Waals surface area contributed by atoms with Gasteiger partial charge in [-0.1, -0.05) is 87.8 Å². The highest BCUT2D eigenvalue weighted by molar-refractivity contribution is 7.55. The summed E-state index contributed by atoms with van der Waals surface area (Å²) in [5.74, 6) is 0.456. The fourth-order valence-corrected chi connectivity index (χ4v) is 5.19. The fourth-order valence-electron chi connectivity index (χ4n) is 3.93. The number of phenolic OH excluding ortho intramolecular Hbond substituents is 1. The maximum atomic E-state index is 10.9. The van der Waals surface area contributed by atoms with Gasteiger partial charge < -0.3 is 5.11 Å². The Morgan fingerprint density at radius 2 is 1.39 bits per heavy atom. The van der Waals surface area contributed by atoms with Gasteiger partial charge in [0.1, 0.15) is 5.75 Å². The Hall–Kier alpha value is -2.15. The van der Waals surface area contributed by atoms with Gasteiger partial charge in [-0.05, 0) is 47.9 Å². The Morgan fingerprint density at radius 3 is 2.21 bits per heavy atom. The minimum Gasteiger partial charge on any atom is -0.507 e. The second-order valence-electron chi connectivity index (χ2n) is 7.59. The molecule has 1 unspecified atom stereocenters. The van der Waals surface area contributed by atoms with E-state index in [1.165, 1.54) is 48.8 Å². The molecule has 3 aromatic carbocycles. The highest BCUT2D eigenvalue weighted by atomic mass is 31.1. The highest BCUT2D eigenvalue weighted by Gasteiger charge is 2.14. The summed E-state index contributed by atoms with van der Waals surface area (Å²) in [4.78, 5) is 2.57. The first-order valence-corrected chi connectivity index (χ1v) is 11.2. The molecule has 3 aromatic rings. The normalized spacial score (nSPS) is 15.3. The Labute approximate surface area is 170 Å². The quantitative estimate of drug-likeness (QED) is 0.623. The molecule has 1 atom stereocenters. The Balaban J connectivity index is 1.53. The van der Waals surface area contributed by atoms with E-state index in [1.807, 2.05) is 12.1 Å². The molecule has 0 bridgehead atoms. The second kappa shape index (κ2) is 9.37. The number of benzene rings is 3. The van der Waals surface area contributed by atoms with Crippen LogP contribution in [0, 0.1) is 0 Å². The average molecular weight is 389 g/mol. The van der Waals surface area contributed by atoms with Gasteiger partial charge in [-0.15, -0.1) is 0 Å². The van der Waals surface area contributed by atoms with E-state index in [1.54, 1.807) is 0 Å². The Kier molecular flexibility index (Phi) is 6.41. The summed E-state index contributed by atoms with van der Waals surface area (Å²) in [6.45, 7) is 3.43. The van der Waals surface area contributed by atoms with Crippen LogP contribution in [0.25, 0.3) is 0 Å². The zero-order valence-corrected chi connectivity index (χ0v) is 17.3. The molecular weight excluding hydrogens is 361 g/mol. The zero-order chi connectivity index (χ0) is 19.2. The van der Waals surface area contributed by atoms with Gasteiger partial charge in [-0.25, -0.2) is 0 Å². The van der Waals surface area contributed by atoms with Crippen LogP contribution in [-0.2, 0) is 13.0 Å². The molecule has 3 heteroatoms. The number of phenols is 1. The molecule has 0 spiro atoms. The van der Waals surface area contributed by atoms with Crippen LogP contribution in [0.4, 0.5) is 0 Å². The lowest BCUT2D eigenvalue weighted by atomic mass is 10.0. The summed E-state index contributed by atoms with van der Waals surface area (Å²) >= 11 is 0. The number of likely N-dealkylation sites (tertiary alicyclic amines) is 1. The molecule has 1 fully saturated rings. The molecule has 1 saturated heterocycles. The van der Waals surface area contributed by atoms with E-state index in [2.05, 4.69) is 65.6 Å². The van der Waals surface area contributed by atoms with Crippen LogP contribution in [-0.4, -0.2) is 23.1 Å². The third kappa shape index (κ3) is 4.82. The van der Waals surface area contributed by atoms with Crippen molar-refractivity contribution >= 4 is 19.2 Å². The van der Waals surface area contributed by atoms with Crippen LogP contribution in [0.1, 0.15) is 36.0 Å². The second-order valence-corrected chi connectivity index (χ2v) is 8.92. The minimum atomic E-state index is 0.456. The van der Waals surface area contributed by atoms with E-state index < -0.39 is 0 Å².